The number of thiol groups is 1. The second-order valence-electron chi connectivity index (χ2n) is 2.68. The first kappa shape index (κ1) is 11.6. The number of hydrogen-bond acceptors (Lipinski definition) is 1. The van der Waals surface area contributed by atoms with E-state index in [1.165, 1.54) is 17.1 Å². The van der Waals surface area contributed by atoms with Crippen LogP contribution in [-0.2, 0) is 11.8 Å². The molecule has 1 aliphatic heterocycles. The molecule has 1 saturated heterocycles. The van der Waals surface area contributed by atoms with Crippen LogP contribution in [-0.4, -0.2) is 11.5 Å². The van der Waals surface area contributed by atoms with Crippen molar-refractivity contribution in [3.63, 3.8) is 0 Å². The second-order valence-corrected chi connectivity index (χ2v) is 6.01. The number of rotatable bonds is 1. The van der Waals surface area contributed by atoms with Gasteiger partial charge in [0.25, 0.3) is 0 Å². The molecule has 1 heterocycles. The second kappa shape index (κ2) is 5.40. The zero-order valence-electron chi connectivity index (χ0n) is 6.91. The summed E-state index contributed by atoms with van der Waals surface area (Å²) in [5.41, 5.74) is 1.42. The van der Waals surface area contributed by atoms with Crippen molar-refractivity contribution in [3.8, 4) is 0 Å². The van der Waals surface area contributed by atoms with E-state index in [-0.39, 0.29) is 12.4 Å². The number of halogens is 2. The van der Waals surface area contributed by atoms with Crippen molar-refractivity contribution in [2.24, 2.45) is 0 Å². The van der Waals surface area contributed by atoms with Crippen LogP contribution in [0.4, 0.5) is 0 Å². The molecule has 0 amide bonds. The average Bonchev–Trinajstić information content (AvgIpc) is 2.58. The minimum atomic E-state index is 0. The summed E-state index contributed by atoms with van der Waals surface area (Å²) in [6, 6.07) is 8.23. The zero-order valence-corrected chi connectivity index (χ0v) is 10.1. The summed E-state index contributed by atoms with van der Waals surface area (Å²) < 4.78 is 0.697. The Morgan fingerprint density at radius 2 is 2.00 bits per heavy atom. The van der Waals surface area contributed by atoms with Gasteiger partial charge < -0.3 is 12.4 Å². The predicted molar refractivity (Wildman–Crippen MR) is 60.3 cm³/mol. The van der Waals surface area contributed by atoms with Gasteiger partial charge in [-0.3, -0.25) is 0 Å². The van der Waals surface area contributed by atoms with Crippen LogP contribution >= 0.6 is 23.4 Å². The predicted octanol–water partition coefficient (Wildman–Crippen LogP) is -0.0957. The summed E-state index contributed by atoms with van der Waals surface area (Å²) in [5, 5.41) is 0.832. The first-order chi connectivity index (χ1) is 5.86. The molecule has 0 N–H and O–H groups in total. The topological polar surface area (TPSA) is 0 Å². The van der Waals surface area contributed by atoms with E-state index in [1.807, 2.05) is 23.9 Å². The Morgan fingerprint density at radius 1 is 1.31 bits per heavy atom. The van der Waals surface area contributed by atoms with Gasteiger partial charge in [0.2, 0.25) is 0 Å². The van der Waals surface area contributed by atoms with Crippen LogP contribution in [0.2, 0.25) is 5.02 Å². The van der Waals surface area contributed by atoms with Crippen molar-refractivity contribution >= 4 is 35.1 Å². The van der Waals surface area contributed by atoms with E-state index in [2.05, 4.69) is 12.1 Å². The summed E-state index contributed by atoms with van der Waals surface area (Å²) >= 11 is 9.41. The van der Waals surface area contributed by atoms with E-state index >= 15 is 0 Å². The third-order valence-corrected chi connectivity index (χ3v) is 5.41. The van der Waals surface area contributed by atoms with Gasteiger partial charge in [0, 0.05) is 16.3 Å². The fourth-order valence-electron chi connectivity index (χ4n) is 1.22. The highest BCUT2D eigenvalue weighted by Gasteiger charge is 2.25. The van der Waals surface area contributed by atoms with Crippen LogP contribution < -0.4 is 12.4 Å². The van der Waals surface area contributed by atoms with E-state index in [0.29, 0.717) is 4.58 Å². The lowest BCUT2D eigenvalue weighted by Crippen LogP contribution is -3.00. The Balaban J connectivity index is 0.000000845. The lowest BCUT2D eigenvalue weighted by atomic mass is 10.2. The van der Waals surface area contributed by atoms with Gasteiger partial charge in [-0.2, -0.15) is 0 Å². The van der Waals surface area contributed by atoms with E-state index in [1.54, 1.807) is 11.8 Å². The smallest absolute Gasteiger partial charge is 0.186 e. The molecule has 0 radical (unpaired) electrons. The van der Waals surface area contributed by atoms with Crippen molar-refractivity contribution in [2.75, 3.05) is 11.5 Å². The molecule has 1 fully saturated rings. The fraction of sp³-hybridized carbons (Fsp3) is 0.333. The van der Waals surface area contributed by atoms with Gasteiger partial charge in [-0.05, 0) is 23.9 Å². The SMILES string of the molecule is Clc1ccc(C2SCC[SH+]2)cc1.[Cl-]. The number of benzene rings is 1. The van der Waals surface area contributed by atoms with Gasteiger partial charge in [0.15, 0.2) is 4.58 Å². The van der Waals surface area contributed by atoms with Crippen LogP contribution in [0.15, 0.2) is 24.3 Å². The van der Waals surface area contributed by atoms with E-state index in [9.17, 15) is 0 Å². The molecule has 0 aliphatic carbocycles. The molecule has 0 saturated carbocycles. The highest BCUT2D eigenvalue weighted by molar-refractivity contribution is 8.11. The minimum absolute atomic E-state index is 0. The molecule has 1 atom stereocenters. The monoisotopic (exact) mass is 252 g/mol. The maximum Gasteiger partial charge on any atom is 0.186 e. The first-order valence-corrected chi connectivity index (χ1v) is 6.47. The molecular formula is C9H10Cl2S2. The van der Waals surface area contributed by atoms with Crippen LogP contribution in [0, 0.1) is 0 Å². The van der Waals surface area contributed by atoms with E-state index < -0.39 is 0 Å². The third kappa shape index (κ3) is 2.98. The molecule has 2 rings (SSSR count). The van der Waals surface area contributed by atoms with Crippen molar-refractivity contribution in [2.45, 2.75) is 4.58 Å². The van der Waals surface area contributed by atoms with Gasteiger partial charge in [0.1, 0.15) is 5.75 Å². The molecule has 0 spiro atoms. The molecule has 1 aromatic rings. The molecule has 1 aromatic carbocycles. The summed E-state index contributed by atoms with van der Waals surface area (Å²) in [4.78, 5) is 0. The van der Waals surface area contributed by atoms with Gasteiger partial charge in [-0.1, -0.05) is 35.5 Å². The van der Waals surface area contributed by atoms with Crippen molar-refractivity contribution in [1.29, 1.82) is 0 Å². The third-order valence-electron chi connectivity index (χ3n) is 1.82. The van der Waals surface area contributed by atoms with E-state index in [0.717, 1.165) is 5.02 Å². The number of hydrogen-bond donors (Lipinski definition) is 0. The van der Waals surface area contributed by atoms with Gasteiger partial charge in [-0.25, -0.2) is 0 Å². The summed E-state index contributed by atoms with van der Waals surface area (Å²) in [6.45, 7) is 0. The molecule has 1 aliphatic rings. The maximum absolute atomic E-state index is 5.81. The molecular weight excluding hydrogens is 243 g/mol. The van der Waals surface area contributed by atoms with Gasteiger partial charge >= 0.3 is 0 Å². The Hall–Kier alpha value is 0.500. The molecule has 13 heavy (non-hydrogen) atoms. The highest BCUT2D eigenvalue weighted by Crippen LogP contribution is 2.35. The first-order valence-electron chi connectivity index (χ1n) is 3.90. The summed E-state index contributed by atoms with van der Waals surface area (Å²) in [7, 11) is 0. The van der Waals surface area contributed by atoms with E-state index in [4.69, 9.17) is 11.6 Å². The maximum atomic E-state index is 5.81. The quantitative estimate of drug-likeness (QED) is 0.498. The largest absolute Gasteiger partial charge is 1.00 e. The summed E-state index contributed by atoms with van der Waals surface area (Å²) in [5.74, 6) is 2.63. The minimum Gasteiger partial charge on any atom is -1.00 e. The molecule has 0 aromatic heterocycles. The zero-order chi connectivity index (χ0) is 8.39. The Morgan fingerprint density at radius 3 is 2.54 bits per heavy atom. The standard InChI is InChI=1S/C9H9ClS2.ClH/c10-8-3-1-7(2-4-8)9-11-5-6-12-9;/h1-4,9H,5-6H2;1H. The lowest BCUT2D eigenvalue weighted by Gasteiger charge is -2.01. The van der Waals surface area contributed by atoms with Crippen LogP contribution in [0.25, 0.3) is 0 Å². The van der Waals surface area contributed by atoms with Crippen LogP contribution in [0.5, 0.6) is 0 Å². The highest BCUT2D eigenvalue weighted by atomic mass is 35.5. The normalized spacial score (nSPS) is 21.2. The summed E-state index contributed by atoms with van der Waals surface area (Å²) in [6.07, 6.45) is 0. The van der Waals surface area contributed by atoms with Crippen LogP contribution in [0.3, 0.4) is 0 Å². The number of thioether (sulfide) groups is 1. The van der Waals surface area contributed by atoms with Crippen molar-refractivity contribution < 1.29 is 12.4 Å². The average molecular weight is 253 g/mol. The Kier molecular flexibility index (Phi) is 4.81. The van der Waals surface area contributed by atoms with Crippen molar-refractivity contribution in [1.82, 2.24) is 0 Å². The molecule has 4 heteroatoms. The van der Waals surface area contributed by atoms with Crippen molar-refractivity contribution in [3.05, 3.63) is 34.9 Å². The van der Waals surface area contributed by atoms with Crippen LogP contribution in [0.1, 0.15) is 10.1 Å². The van der Waals surface area contributed by atoms with Gasteiger partial charge in [0.05, 0.1) is 0 Å². The lowest BCUT2D eigenvalue weighted by molar-refractivity contribution is -0.00000217. The Labute approximate surface area is 98.2 Å². The van der Waals surface area contributed by atoms with Gasteiger partial charge in [-0.15, -0.1) is 0 Å². The molecule has 1 unspecified atom stereocenters. The molecule has 0 nitrogen and oxygen atoms in total. The molecule has 0 bridgehead atoms. The Bertz CT molecular complexity index is 255. The molecule has 72 valence electrons. The fourth-order valence-corrected chi connectivity index (χ4v) is 4.43.